The molecular formula is C35H46N2O6. The van der Waals surface area contributed by atoms with E-state index in [2.05, 4.69) is 23.8 Å². The summed E-state index contributed by atoms with van der Waals surface area (Å²) in [4.78, 5) is 40.3. The van der Waals surface area contributed by atoms with E-state index in [1.807, 2.05) is 60.7 Å². The van der Waals surface area contributed by atoms with Crippen LogP contribution in [-0.2, 0) is 30.3 Å². The Morgan fingerprint density at radius 1 is 0.953 bits per heavy atom. The largest absolute Gasteiger partial charge is 0.455 e. The molecule has 2 aromatic carbocycles. The Balaban J connectivity index is 1.80. The molecule has 2 amide bonds. The molecule has 4 unspecified atom stereocenters. The quantitative estimate of drug-likeness (QED) is 0.169. The molecule has 0 spiro atoms. The van der Waals surface area contributed by atoms with Gasteiger partial charge < -0.3 is 25.2 Å². The van der Waals surface area contributed by atoms with E-state index in [0.29, 0.717) is 31.2 Å². The Labute approximate surface area is 255 Å². The van der Waals surface area contributed by atoms with Crippen molar-refractivity contribution >= 4 is 17.8 Å². The summed E-state index contributed by atoms with van der Waals surface area (Å²) in [5, 5.41) is 15.9. The zero-order valence-electron chi connectivity index (χ0n) is 25.2. The maximum Gasteiger partial charge on any atom is 0.310 e. The Morgan fingerprint density at radius 3 is 2.14 bits per heavy atom. The number of allylic oxidation sites excluding steroid dienone is 2. The van der Waals surface area contributed by atoms with Crippen LogP contribution in [0.3, 0.4) is 0 Å². The molecule has 0 saturated heterocycles. The predicted molar refractivity (Wildman–Crippen MR) is 167 cm³/mol. The maximum atomic E-state index is 13.6. The number of carbonyl (C=O) groups excluding carboxylic acids is 3. The van der Waals surface area contributed by atoms with Crippen LogP contribution in [0, 0.1) is 11.8 Å². The number of nitrogens with one attached hydrogen (secondary N) is 2. The molecule has 8 heteroatoms. The number of aliphatic hydroxyl groups is 1. The molecule has 0 aliphatic heterocycles. The standard InChI is InChI=1S/C35H46N2O6/c1-4-14-28(23-31(39)37-35(25-38)20-12-13-21-35)33(40)36-30(24-42-3)32(27-18-10-7-11-19-27)43-34(41)29(15-5-2)22-26-16-8-6-9-17-26/h4-11,16-19,28-30,32,38H,1-2,12-15,20-25H2,3H3,(H,36,40)(H,37,39). The zero-order chi connectivity index (χ0) is 31.1. The lowest BCUT2D eigenvalue weighted by Crippen LogP contribution is -2.51. The fraction of sp³-hybridized carbons (Fsp3) is 0.457. The normalized spacial score (nSPS) is 16.7. The summed E-state index contributed by atoms with van der Waals surface area (Å²) in [6.45, 7) is 7.55. The summed E-state index contributed by atoms with van der Waals surface area (Å²) in [5.41, 5.74) is 1.09. The van der Waals surface area contributed by atoms with Crippen molar-refractivity contribution in [2.24, 2.45) is 11.8 Å². The minimum atomic E-state index is -0.838. The number of rotatable bonds is 18. The van der Waals surface area contributed by atoms with Crippen LogP contribution in [0.1, 0.15) is 62.2 Å². The first-order chi connectivity index (χ1) is 20.8. The van der Waals surface area contributed by atoms with Gasteiger partial charge in [0.25, 0.3) is 0 Å². The first kappa shape index (κ1) is 33.7. The van der Waals surface area contributed by atoms with Gasteiger partial charge in [0.15, 0.2) is 0 Å². The summed E-state index contributed by atoms with van der Waals surface area (Å²) in [6, 6.07) is 18.2. The molecule has 2 aromatic rings. The van der Waals surface area contributed by atoms with Gasteiger partial charge in [0.2, 0.25) is 11.8 Å². The van der Waals surface area contributed by atoms with Gasteiger partial charge in [-0.1, -0.05) is 85.7 Å². The summed E-state index contributed by atoms with van der Waals surface area (Å²) >= 11 is 0. The lowest BCUT2D eigenvalue weighted by Gasteiger charge is -2.31. The highest BCUT2D eigenvalue weighted by molar-refractivity contribution is 5.86. The molecule has 232 valence electrons. The molecule has 4 atom stereocenters. The second kappa shape index (κ2) is 17.4. The predicted octanol–water partition coefficient (Wildman–Crippen LogP) is 4.84. The van der Waals surface area contributed by atoms with Crippen molar-refractivity contribution in [2.45, 2.75) is 69.1 Å². The van der Waals surface area contributed by atoms with Crippen molar-refractivity contribution in [1.82, 2.24) is 10.6 Å². The van der Waals surface area contributed by atoms with Crippen molar-refractivity contribution in [3.8, 4) is 0 Å². The van der Waals surface area contributed by atoms with Gasteiger partial charge in [0.05, 0.1) is 36.6 Å². The average molecular weight is 591 g/mol. The van der Waals surface area contributed by atoms with Gasteiger partial charge in [-0.3, -0.25) is 14.4 Å². The third-order valence-corrected chi connectivity index (χ3v) is 8.04. The minimum Gasteiger partial charge on any atom is -0.455 e. The number of benzene rings is 2. The van der Waals surface area contributed by atoms with E-state index < -0.39 is 35.5 Å². The van der Waals surface area contributed by atoms with Gasteiger partial charge in [-0.15, -0.1) is 13.2 Å². The van der Waals surface area contributed by atoms with Crippen LogP contribution >= 0.6 is 0 Å². The topological polar surface area (TPSA) is 114 Å². The summed E-state index contributed by atoms with van der Waals surface area (Å²) < 4.78 is 11.6. The Kier molecular flexibility index (Phi) is 13.6. The number of esters is 1. The molecule has 1 saturated carbocycles. The van der Waals surface area contributed by atoms with E-state index >= 15 is 0 Å². The van der Waals surface area contributed by atoms with Gasteiger partial charge >= 0.3 is 5.97 Å². The Hall–Kier alpha value is -3.75. The molecule has 0 heterocycles. The SMILES string of the molecule is C=CCC(CC(=O)NC1(CO)CCCC1)C(=O)NC(COC)C(OC(=O)C(CC=C)Cc1ccccc1)c1ccccc1. The first-order valence-electron chi connectivity index (χ1n) is 15.1. The molecule has 0 bridgehead atoms. The average Bonchev–Trinajstić information content (AvgIpc) is 3.48. The van der Waals surface area contributed by atoms with E-state index in [9.17, 15) is 19.5 Å². The maximum absolute atomic E-state index is 13.6. The van der Waals surface area contributed by atoms with Crippen molar-refractivity contribution < 1.29 is 29.0 Å². The van der Waals surface area contributed by atoms with Gasteiger partial charge in [-0.05, 0) is 43.2 Å². The highest BCUT2D eigenvalue weighted by atomic mass is 16.5. The number of methoxy groups -OCH3 is 1. The number of hydrogen-bond donors (Lipinski definition) is 3. The molecule has 43 heavy (non-hydrogen) atoms. The van der Waals surface area contributed by atoms with E-state index in [1.54, 1.807) is 12.2 Å². The smallest absolute Gasteiger partial charge is 0.310 e. The van der Waals surface area contributed by atoms with Crippen molar-refractivity contribution in [1.29, 1.82) is 0 Å². The highest BCUT2D eigenvalue weighted by Gasteiger charge is 2.37. The lowest BCUT2D eigenvalue weighted by molar-refractivity contribution is -0.158. The van der Waals surface area contributed by atoms with Crippen LogP contribution in [0.2, 0.25) is 0 Å². The van der Waals surface area contributed by atoms with Crippen LogP contribution in [0.15, 0.2) is 86.0 Å². The van der Waals surface area contributed by atoms with Crippen LogP contribution in [0.5, 0.6) is 0 Å². The third-order valence-electron chi connectivity index (χ3n) is 8.04. The van der Waals surface area contributed by atoms with Crippen LogP contribution in [0.25, 0.3) is 0 Å². The lowest BCUT2D eigenvalue weighted by atomic mass is 9.94. The summed E-state index contributed by atoms with van der Waals surface area (Å²) in [5.74, 6) is -2.23. The molecule has 3 rings (SSSR count). The zero-order valence-corrected chi connectivity index (χ0v) is 25.2. The molecule has 0 aromatic heterocycles. The molecule has 1 fully saturated rings. The van der Waals surface area contributed by atoms with E-state index in [1.165, 1.54) is 7.11 Å². The number of aliphatic hydroxyl groups excluding tert-OH is 1. The molecule has 1 aliphatic carbocycles. The molecule has 0 radical (unpaired) electrons. The first-order valence-corrected chi connectivity index (χ1v) is 15.1. The summed E-state index contributed by atoms with van der Waals surface area (Å²) in [7, 11) is 1.52. The van der Waals surface area contributed by atoms with Gasteiger partial charge in [-0.25, -0.2) is 0 Å². The van der Waals surface area contributed by atoms with Gasteiger partial charge in [-0.2, -0.15) is 0 Å². The Bertz CT molecular complexity index is 1180. The van der Waals surface area contributed by atoms with Crippen LogP contribution in [-0.4, -0.2) is 54.8 Å². The van der Waals surface area contributed by atoms with E-state index in [4.69, 9.17) is 9.47 Å². The van der Waals surface area contributed by atoms with E-state index in [0.717, 1.165) is 18.4 Å². The monoisotopic (exact) mass is 590 g/mol. The van der Waals surface area contributed by atoms with Crippen LogP contribution in [0.4, 0.5) is 0 Å². The minimum absolute atomic E-state index is 0.0619. The second-order valence-electron chi connectivity index (χ2n) is 11.4. The fourth-order valence-corrected chi connectivity index (χ4v) is 5.72. The summed E-state index contributed by atoms with van der Waals surface area (Å²) in [6.07, 6.45) is 6.92. The highest BCUT2D eigenvalue weighted by Crippen LogP contribution is 2.30. The van der Waals surface area contributed by atoms with Crippen molar-refractivity contribution in [3.05, 3.63) is 97.1 Å². The number of carbonyl (C=O) groups is 3. The third kappa shape index (κ3) is 10.2. The number of ether oxygens (including phenoxy) is 2. The molecule has 3 N–H and O–H groups in total. The second-order valence-corrected chi connectivity index (χ2v) is 11.4. The fourth-order valence-electron chi connectivity index (χ4n) is 5.72. The van der Waals surface area contributed by atoms with Crippen molar-refractivity contribution in [2.75, 3.05) is 20.3 Å². The van der Waals surface area contributed by atoms with Gasteiger partial charge in [0.1, 0.15) is 6.10 Å². The number of amides is 2. The van der Waals surface area contributed by atoms with Crippen molar-refractivity contribution in [3.63, 3.8) is 0 Å². The molecule has 8 nitrogen and oxygen atoms in total. The molecule has 1 aliphatic rings. The number of hydrogen-bond acceptors (Lipinski definition) is 6. The van der Waals surface area contributed by atoms with E-state index in [-0.39, 0.29) is 37.9 Å². The molecular weight excluding hydrogens is 544 g/mol. The van der Waals surface area contributed by atoms with Crippen LogP contribution < -0.4 is 10.6 Å². The Morgan fingerprint density at radius 2 is 1.56 bits per heavy atom. The van der Waals surface area contributed by atoms with Gasteiger partial charge in [0, 0.05) is 13.5 Å².